The number of nitrogens with zero attached hydrogens (tertiary/aromatic N) is 1. The molecule has 1 aromatic heterocycles. The number of fused-ring (bicyclic) bond motifs is 1. The second-order valence-corrected chi connectivity index (χ2v) is 5.26. The number of aryl methyl sites for hydroxylation is 3. The Bertz CT molecular complexity index is 710. The van der Waals surface area contributed by atoms with Gasteiger partial charge in [-0.05, 0) is 31.9 Å². The normalized spacial score (nSPS) is 11.0. The van der Waals surface area contributed by atoms with E-state index in [2.05, 4.69) is 0 Å². The first-order valence-corrected chi connectivity index (χ1v) is 6.64. The highest BCUT2D eigenvalue weighted by Gasteiger charge is 2.21. The molecule has 0 saturated heterocycles. The van der Waals surface area contributed by atoms with Crippen LogP contribution < -0.4 is 0 Å². The third kappa shape index (κ3) is 2.22. The zero-order chi connectivity index (χ0) is 15.0. The van der Waals surface area contributed by atoms with E-state index >= 15 is 0 Å². The van der Waals surface area contributed by atoms with Crippen LogP contribution in [-0.2, 0) is 11.8 Å². The van der Waals surface area contributed by atoms with E-state index < -0.39 is 5.97 Å². The number of hydrogen-bond acceptors (Lipinski definition) is 2. The lowest BCUT2D eigenvalue weighted by Gasteiger charge is -2.04. The summed E-state index contributed by atoms with van der Waals surface area (Å²) < 4.78 is 2.02. The van der Waals surface area contributed by atoms with Gasteiger partial charge in [-0.2, -0.15) is 0 Å². The number of carbonyl (C=O) groups excluding carboxylic acids is 1. The number of rotatable bonds is 4. The average Bonchev–Trinajstić information content (AvgIpc) is 2.65. The second-order valence-electron chi connectivity index (χ2n) is 5.26. The van der Waals surface area contributed by atoms with E-state index in [9.17, 15) is 9.59 Å². The number of carboxylic acids is 1. The number of ketones is 1. The van der Waals surface area contributed by atoms with E-state index in [1.54, 1.807) is 0 Å². The van der Waals surface area contributed by atoms with Gasteiger partial charge in [0.05, 0.1) is 11.9 Å². The molecular weight excluding hydrogens is 254 g/mol. The van der Waals surface area contributed by atoms with Crippen molar-refractivity contribution < 1.29 is 14.7 Å². The number of aliphatic carboxylic acids is 1. The Morgan fingerprint density at radius 2 is 1.70 bits per heavy atom. The molecule has 0 bridgehead atoms. The molecule has 4 heteroatoms. The minimum Gasteiger partial charge on any atom is -0.481 e. The van der Waals surface area contributed by atoms with Crippen LogP contribution in [0.5, 0.6) is 0 Å². The van der Waals surface area contributed by atoms with E-state index in [-0.39, 0.29) is 18.6 Å². The summed E-state index contributed by atoms with van der Waals surface area (Å²) in [5.74, 6) is -1.03. The molecule has 0 aliphatic heterocycles. The molecule has 0 aliphatic rings. The number of carbonyl (C=O) groups is 2. The molecule has 20 heavy (non-hydrogen) atoms. The number of aromatic nitrogens is 1. The molecule has 2 aromatic rings. The van der Waals surface area contributed by atoms with Crippen molar-refractivity contribution in [3.05, 3.63) is 34.5 Å². The number of carboxylic acid groups (broad SMARTS) is 1. The largest absolute Gasteiger partial charge is 0.481 e. The van der Waals surface area contributed by atoms with Crippen molar-refractivity contribution in [3.8, 4) is 0 Å². The van der Waals surface area contributed by atoms with E-state index in [0.29, 0.717) is 5.56 Å². The number of benzene rings is 1. The maximum absolute atomic E-state index is 12.4. The van der Waals surface area contributed by atoms with Crippen molar-refractivity contribution in [2.75, 3.05) is 0 Å². The lowest BCUT2D eigenvalue weighted by molar-refractivity contribution is -0.136. The quantitative estimate of drug-likeness (QED) is 0.870. The highest BCUT2D eigenvalue weighted by atomic mass is 16.4. The van der Waals surface area contributed by atoms with Crippen LogP contribution >= 0.6 is 0 Å². The first-order valence-electron chi connectivity index (χ1n) is 6.64. The summed E-state index contributed by atoms with van der Waals surface area (Å²) in [5.41, 5.74) is 4.79. The lowest BCUT2D eigenvalue weighted by atomic mass is 9.98. The molecule has 1 N–H and O–H groups in total. The Morgan fingerprint density at radius 3 is 2.30 bits per heavy atom. The third-order valence-corrected chi connectivity index (χ3v) is 3.88. The fraction of sp³-hybridized carbons (Fsp3) is 0.375. The maximum atomic E-state index is 12.4. The summed E-state index contributed by atoms with van der Waals surface area (Å²) in [6.45, 7) is 5.91. The summed E-state index contributed by atoms with van der Waals surface area (Å²) in [6.07, 6.45) is -0.0812. The average molecular weight is 273 g/mol. The standard InChI is InChI=1S/C16H19NO3/c1-9-5-6-10(2)16-14(9)15(11(3)17(16)4)12(18)7-8-13(19)20/h5-6H,7-8H2,1-4H3,(H,19,20). The predicted molar refractivity (Wildman–Crippen MR) is 78.3 cm³/mol. The van der Waals surface area contributed by atoms with Crippen LogP contribution in [0.15, 0.2) is 12.1 Å². The third-order valence-electron chi connectivity index (χ3n) is 3.88. The van der Waals surface area contributed by atoms with Gasteiger partial charge in [0.15, 0.2) is 5.78 Å². The molecule has 1 aromatic carbocycles. The molecule has 0 atom stereocenters. The van der Waals surface area contributed by atoms with Crippen LogP contribution in [-0.4, -0.2) is 21.4 Å². The van der Waals surface area contributed by atoms with E-state index in [1.165, 1.54) is 0 Å². The maximum Gasteiger partial charge on any atom is 0.303 e. The summed E-state index contributed by atoms with van der Waals surface area (Å²) >= 11 is 0. The monoisotopic (exact) mass is 273 g/mol. The summed E-state index contributed by atoms with van der Waals surface area (Å²) in [6, 6.07) is 4.05. The van der Waals surface area contributed by atoms with Crippen molar-refractivity contribution in [1.82, 2.24) is 4.57 Å². The molecule has 106 valence electrons. The molecule has 4 nitrogen and oxygen atoms in total. The van der Waals surface area contributed by atoms with Crippen molar-refractivity contribution in [2.24, 2.45) is 7.05 Å². The van der Waals surface area contributed by atoms with Gasteiger partial charge in [-0.25, -0.2) is 0 Å². The zero-order valence-electron chi connectivity index (χ0n) is 12.3. The molecule has 0 saturated carbocycles. The summed E-state index contributed by atoms with van der Waals surface area (Å²) in [7, 11) is 1.94. The van der Waals surface area contributed by atoms with Crippen molar-refractivity contribution in [2.45, 2.75) is 33.6 Å². The second kappa shape index (κ2) is 5.12. The van der Waals surface area contributed by atoms with Gasteiger partial charge in [0.2, 0.25) is 0 Å². The van der Waals surface area contributed by atoms with Crippen LogP contribution in [0.3, 0.4) is 0 Å². The van der Waals surface area contributed by atoms with Crippen LogP contribution in [0.2, 0.25) is 0 Å². The van der Waals surface area contributed by atoms with Gasteiger partial charge in [-0.1, -0.05) is 12.1 Å². The van der Waals surface area contributed by atoms with Gasteiger partial charge < -0.3 is 9.67 Å². The smallest absolute Gasteiger partial charge is 0.303 e. The highest BCUT2D eigenvalue weighted by Crippen LogP contribution is 2.31. The Morgan fingerprint density at radius 1 is 1.10 bits per heavy atom. The minimum absolute atomic E-state index is 0.0443. The van der Waals surface area contributed by atoms with E-state index in [0.717, 1.165) is 27.7 Å². The van der Waals surface area contributed by atoms with Crippen LogP contribution in [0, 0.1) is 20.8 Å². The van der Waals surface area contributed by atoms with E-state index in [1.807, 2.05) is 44.5 Å². The van der Waals surface area contributed by atoms with Crippen molar-refractivity contribution in [1.29, 1.82) is 0 Å². The van der Waals surface area contributed by atoms with Crippen molar-refractivity contribution >= 4 is 22.7 Å². The molecule has 0 amide bonds. The molecular formula is C16H19NO3. The highest BCUT2D eigenvalue weighted by molar-refractivity contribution is 6.11. The molecule has 0 spiro atoms. The Hall–Kier alpha value is -2.10. The number of hydrogen-bond donors (Lipinski definition) is 1. The van der Waals surface area contributed by atoms with Gasteiger partial charge in [0, 0.05) is 30.1 Å². The Balaban J connectivity index is 2.64. The van der Waals surface area contributed by atoms with Gasteiger partial charge in [0.1, 0.15) is 0 Å². The Kier molecular flexibility index (Phi) is 3.66. The molecule has 0 fully saturated rings. The summed E-state index contributed by atoms with van der Waals surface area (Å²) in [5, 5.41) is 9.70. The predicted octanol–water partition coefficient (Wildman–Crippen LogP) is 3.15. The van der Waals surface area contributed by atoms with Crippen LogP contribution in [0.1, 0.15) is 40.0 Å². The molecule has 0 radical (unpaired) electrons. The Labute approximate surface area is 118 Å². The van der Waals surface area contributed by atoms with E-state index in [4.69, 9.17) is 5.11 Å². The van der Waals surface area contributed by atoms with Crippen LogP contribution in [0.4, 0.5) is 0 Å². The van der Waals surface area contributed by atoms with Gasteiger partial charge in [-0.15, -0.1) is 0 Å². The molecule has 2 rings (SSSR count). The SMILES string of the molecule is Cc1ccc(C)c2c1c(C(=O)CCC(=O)O)c(C)n2C. The lowest BCUT2D eigenvalue weighted by Crippen LogP contribution is -2.05. The molecule has 0 unspecified atom stereocenters. The topological polar surface area (TPSA) is 59.3 Å². The van der Waals surface area contributed by atoms with Crippen LogP contribution in [0.25, 0.3) is 10.9 Å². The zero-order valence-corrected chi connectivity index (χ0v) is 12.3. The molecule has 0 aliphatic carbocycles. The van der Waals surface area contributed by atoms with Gasteiger partial charge in [-0.3, -0.25) is 9.59 Å². The fourth-order valence-corrected chi connectivity index (χ4v) is 2.75. The minimum atomic E-state index is -0.941. The first kappa shape index (κ1) is 14.3. The van der Waals surface area contributed by atoms with Gasteiger partial charge >= 0.3 is 5.97 Å². The molecule has 1 heterocycles. The fourth-order valence-electron chi connectivity index (χ4n) is 2.75. The van der Waals surface area contributed by atoms with Crippen molar-refractivity contribution in [3.63, 3.8) is 0 Å². The van der Waals surface area contributed by atoms with Gasteiger partial charge in [0.25, 0.3) is 0 Å². The number of Topliss-reactive ketones (excluding diaryl/α,β-unsaturated/α-hetero) is 1. The summed E-state index contributed by atoms with van der Waals surface area (Å²) in [4.78, 5) is 23.0. The first-order chi connectivity index (χ1) is 9.34.